The molecule has 6 nitrogen and oxygen atoms in total. The van der Waals surface area contributed by atoms with Crippen molar-refractivity contribution in [1.29, 1.82) is 0 Å². The lowest BCUT2D eigenvalue weighted by molar-refractivity contribution is 0.00761. The summed E-state index contributed by atoms with van der Waals surface area (Å²) in [5.74, 6) is -1.48. The molecule has 0 bridgehead atoms. The summed E-state index contributed by atoms with van der Waals surface area (Å²) in [6, 6.07) is 18.1. The van der Waals surface area contributed by atoms with Crippen molar-refractivity contribution in [3.63, 3.8) is 0 Å². The Hall–Kier alpha value is -2.56. The minimum atomic E-state index is -4.29. The maximum atomic E-state index is 14.2. The Kier molecular flexibility index (Phi) is 8.58. The summed E-state index contributed by atoms with van der Waals surface area (Å²) in [7, 11) is -2.69. The van der Waals surface area contributed by atoms with Crippen molar-refractivity contribution in [3.8, 4) is 5.75 Å². The van der Waals surface area contributed by atoms with E-state index in [4.69, 9.17) is 21.1 Å². The molecule has 1 heterocycles. The first-order valence-corrected chi connectivity index (χ1v) is 13.3. The van der Waals surface area contributed by atoms with E-state index in [1.165, 1.54) is 0 Å². The number of sulfonamides is 1. The molecular formula is C26H27ClF2N2O4S. The van der Waals surface area contributed by atoms with Gasteiger partial charge in [0.15, 0.2) is 4.90 Å². The van der Waals surface area contributed by atoms with Crippen LogP contribution in [-0.4, -0.2) is 57.5 Å². The Morgan fingerprint density at radius 3 is 2.28 bits per heavy atom. The second-order valence-corrected chi connectivity index (χ2v) is 10.8. The third-order valence-electron chi connectivity index (χ3n) is 6.08. The molecule has 0 unspecified atom stereocenters. The molecule has 0 saturated carbocycles. The molecule has 1 aliphatic rings. The van der Waals surface area contributed by atoms with Crippen LogP contribution in [0.3, 0.4) is 0 Å². The van der Waals surface area contributed by atoms with E-state index < -0.39 is 26.6 Å². The Morgan fingerprint density at radius 1 is 0.944 bits per heavy atom. The first kappa shape index (κ1) is 26.5. The van der Waals surface area contributed by atoms with Crippen LogP contribution in [0.25, 0.3) is 0 Å². The number of benzene rings is 3. The first-order valence-electron chi connectivity index (χ1n) is 11.4. The van der Waals surface area contributed by atoms with Gasteiger partial charge in [0, 0.05) is 37.7 Å². The van der Waals surface area contributed by atoms with Crippen LogP contribution >= 0.6 is 11.6 Å². The van der Waals surface area contributed by atoms with Crippen LogP contribution in [0.4, 0.5) is 8.78 Å². The van der Waals surface area contributed by atoms with E-state index in [9.17, 15) is 17.2 Å². The SMILES string of the molecule is COc1cccc([C@H](CN2CCN(S(=O)(=O)c3c(F)cccc3F)CC2)OCc2cccc(Cl)c2)c1. The molecule has 1 aliphatic heterocycles. The molecule has 192 valence electrons. The minimum absolute atomic E-state index is 0.106. The predicted molar refractivity (Wildman–Crippen MR) is 134 cm³/mol. The molecular weight excluding hydrogens is 510 g/mol. The molecule has 10 heteroatoms. The average molecular weight is 537 g/mol. The third kappa shape index (κ3) is 6.22. The molecule has 1 saturated heterocycles. The molecule has 1 atom stereocenters. The van der Waals surface area contributed by atoms with E-state index >= 15 is 0 Å². The van der Waals surface area contributed by atoms with Gasteiger partial charge >= 0.3 is 0 Å². The zero-order valence-corrected chi connectivity index (χ0v) is 21.3. The Morgan fingerprint density at radius 2 is 1.61 bits per heavy atom. The average Bonchev–Trinajstić information content (AvgIpc) is 2.86. The number of rotatable bonds is 9. The number of nitrogens with zero attached hydrogens (tertiary/aromatic N) is 2. The van der Waals surface area contributed by atoms with Crippen molar-refractivity contribution in [2.24, 2.45) is 0 Å². The van der Waals surface area contributed by atoms with Gasteiger partial charge in [0.2, 0.25) is 10.0 Å². The third-order valence-corrected chi connectivity index (χ3v) is 8.26. The van der Waals surface area contributed by atoms with E-state index in [1.807, 2.05) is 42.5 Å². The highest BCUT2D eigenvalue weighted by molar-refractivity contribution is 7.89. The molecule has 0 N–H and O–H groups in total. The van der Waals surface area contributed by atoms with Crippen molar-refractivity contribution in [1.82, 2.24) is 9.21 Å². The first-order chi connectivity index (χ1) is 17.3. The molecule has 0 aliphatic carbocycles. The van der Waals surface area contributed by atoms with Gasteiger partial charge in [-0.1, -0.05) is 41.9 Å². The lowest BCUT2D eigenvalue weighted by Crippen LogP contribution is -2.49. The Balaban J connectivity index is 1.46. The normalized spacial score (nSPS) is 16.1. The number of hydrogen-bond acceptors (Lipinski definition) is 5. The zero-order valence-electron chi connectivity index (χ0n) is 19.7. The zero-order chi connectivity index (χ0) is 25.7. The van der Waals surface area contributed by atoms with E-state index in [-0.39, 0.29) is 19.2 Å². The van der Waals surface area contributed by atoms with Gasteiger partial charge in [0.1, 0.15) is 17.4 Å². The quantitative estimate of drug-likeness (QED) is 0.390. The molecule has 3 aromatic rings. The van der Waals surface area contributed by atoms with Gasteiger partial charge in [-0.05, 0) is 47.5 Å². The van der Waals surface area contributed by atoms with Crippen LogP contribution in [0, 0.1) is 11.6 Å². The summed E-state index contributed by atoms with van der Waals surface area (Å²) in [4.78, 5) is 1.17. The molecule has 0 spiro atoms. The number of hydrogen-bond donors (Lipinski definition) is 0. The van der Waals surface area contributed by atoms with E-state index in [2.05, 4.69) is 4.90 Å². The fourth-order valence-corrected chi connectivity index (χ4v) is 5.91. The van der Waals surface area contributed by atoms with Gasteiger partial charge in [0.25, 0.3) is 0 Å². The second kappa shape index (κ2) is 11.7. The molecule has 0 aromatic heterocycles. The highest BCUT2D eigenvalue weighted by Gasteiger charge is 2.33. The summed E-state index contributed by atoms with van der Waals surface area (Å²) < 4.78 is 66.9. The molecule has 4 rings (SSSR count). The lowest BCUT2D eigenvalue weighted by atomic mass is 10.1. The van der Waals surface area contributed by atoms with Crippen molar-refractivity contribution >= 4 is 21.6 Å². The van der Waals surface area contributed by atoms with E-state index in [0.717, 1.165) is 33.6 Å². The van der Waals surface area contributed by atoms with Crippen molar-refractivity contribution in [3.05, 3.63) is 94.5 Å². The Labute approximate surface area is 215 Å². The van der Waals surface area contributed by atoms with Crippen molar-refractivity contribution in [2.45, 2.75) is 17.6 Å². The van der Waals surface area contributed by atoms with Crippen molar-refractivity contribution in [2.75, 3.05) is 39.8 Å². The van der Waals surface area contributed by atoms with Crippen molar-refractivity contribution < 1.29 is 26.7 Å². The van der Waals surface area contributed by atoms with E-state index in [0.29, 0.717) is 37.0 Å². The van der Waals surface area contributed by atoms with Crippen LogP contribution < -0.4 is 4.74 Å². The van der Waals surface area contributed by atoms with Crippen LogP contribution in [0.1, 0.15) is 17.2 Å². The van der Waals surface area contributed by atoms with Crippen LogP contribution in [0.5, 0.6) is 5.75 Å². The van der Waals surface area contributed by atoms with Gasteiger partial charge in [-0.3, -0.25) is 4.90 Å². The van der Waals surface area contributed by atoms with Gasteiger partial charge in [-0.25, -0.2) is 17.2 Å². The topological polar surface area (TPSA) is 59.1 Å². The standard InChI is InChI=1S/C26H27ClF2N2O4S/c1-34-22-8-3-6-20(16-22)25(35-18-19-5-2-7-21(27)15-19)17-30-11-13-31(14-12-30)36(32,33)26-23(28)9-4-10-24(26)29/h2-10,15-16,25H,11-14,17-18H2,1H3/t25-/m0/s1. The predicted octanol–water partition coefficient (Wildman–Crippen LogP) is 4.89. The van der Waals surface area contributed by atoms with Crippen LogP contribution in [0.15, 0.2) is 71.6 Å². The van der Waals surface area contributed by atoms with E-state index in [1.54, 1.807) is 13.2 Å². The highest BCUT2D eigenvalue weighted by atomic mass is 35.5. The molecule has 0 amide bonds. The largest absolute Gasteiger partial charge is 0.497 e. The minimum Gasteiger partial charge on any atom is -0.497 e. The second-order valence-electron chi connectivity index (χ2n) is 8.46. The van der Waals surface area contributed by atoms with Gasteiger partial charge in [-0.2, -0.15) is 4.31 Å². The number of halogens is 3. The highest BCUT2D eigenvalue weighted by Crippen LogP contribution is 2.27. The van der Waals surface area contributed by atoms with Gasteiger partial charge in [-0.15, -0.1) is 0 Å². The lowest BCUT2D eigenvalue weighted by Gasteiger charge is -2.36. The van der Waals surface area contributed by atoms with Gasteiger partial charge < -0.3 is 9.47 Å². The van der Waals surface area contributed by atoms with Gasteiger partial charge in [0.05, 0.1) is 19.8 Å². The smallest absolute Gasteiger partial charge is 0.249 e. The summed E-state index contributed by atoms with van der Waals surface area (Å²) in [5.41, 5.74) is 1.85. The fraction of sp³-hybridized carbons (Fsp3) is 0.308. The van der Waals surface area contributed by atoms with Crippen LogP contribution in [-0.2, 0) is 21.4 Å². The molecule has 3 aromatic carbocycles. The monoisotopic (exact) mass is 536 g/mol. The number of methoxy groups -OCH3 is 1. The maximum Gasteiger partial charge on any atom is 0.249 e. The summed E-state index contributed by atoms with van der Waals surface area (Å²) >= 11 is 6.11. The molecule has 0 radical (unpaired) electrons. The molecule has 1 fully saturated rings. The summed E-state index contributed by atoms with van der Waals surface area (Å²) in [6.07, 6.45) is -0.328. The number of piperazine rings is 1. The fourth-order valence-electron chi connectivity index (χ4n) is 4.16. The number of ether oxygens (including phenoxy) is 2. The summed E-state index contributed by atoms with van der Waals surface area (Å²) in [6.45, 7) is 1.82. The summed E-state index contributed by atoms with van der Waals surface area (Å²) in [5, 5.41) is 0.623. The Bertz CT molecular complexity index is 1280. The maximum absolute atomic E-state index is 14.2. The molecule has 36 heavy (non-hydrogen) atoms. The van der Waals surface area contributed by atoms with Crippen LogP contribution in [0.2, 0.25) is 5.02 Å².